The molecule has 0 amide bonds. The van der Waals surface area contributed by atoms with Crippen LogP contribution in [-0.4, -0.2) is 18.8 Å². The van der Waals surface area contributed by atoms with Gasteiger partial charge < -0.3 is 5.32 Å². The first-order valence-corrected chi connectivity index (χ1v) is 6.88. The lowest BCUT2D eigenvalue weighted by Gasteiger charge is -2.21. The second kappa shape index (κ2) is 8.60. The fraction of sp³-hybridized carbons (Fsp3) is 1.00. The normalized spacial score (nSPS) is 18.6. The third-order valence-corrected chi connectivity index (χ3v) is 3.45. The molecule has 2 heteroatoms. The van der Waals surface area contributed by atoms with Gasteiger partial charge in [-0.25, -0.2) is 0 Å². The van der Waals surface area contributed by atoms with E-state index in [1.165, 1.54) is 57.9 Å². The number of rotatable bonds is 7. The molecule has 1 saturated carbocycles. The smallest absolute Gasteiger partial charge is 0.00397 e. The van der Waals surface area contributed by atoms with Gasteiger partial charge in [0, 0.05) is 12.3 Å². The second-order valence-corrected chi connectivity index (χ2v) is 4.92. The van der Waals surface area contributed by atoms with E-state index in [2.05, 4.69) is 17.9 Å². The van der Waals surface area contributed by atoms with E-state index in [-0.39, 0.29) is 0 Å². The maximum Gasteiger partial charge on any atom is 0.00397 e. The zero-order valence-corrected chi connectivity index (χ0v) is 10.2. The first-order chi connectivity index (χ1) is 6.93. The summed E-state index contributed by atoms with van der Waals surface area (Å²) >= 11 is 4.17. The van der Waals surface area contributed by atoms with Crippen molar-refractivity contribution in [3.05, 3.63) is 0 Å². The molecule has 1 aliphatic carbocycles. The van der Waals surface area contributed by atoms with Gasteiger partial charge in [0.1, 0.15) is 0 Å². The molecule has 1 nitrogen and oxygen atoms in total. The summed E-state index contributed by atoms with van der Waals surface area (Å²) in [6.45, 7) is 2.25. The summed E-state index contributed by atoms with van der Waals surface area (Å²) in [7, 11) is 0. The quantitative estimate of drug-likeness (QED) is 0.491. The molecule has 84 valence electrons. The van der Waals surface area contributed by atoms with Gasteiger partial charge in [-0.05, 0) is 18.9 Å². The SMILES string of the molecule is SCCNCCCCC1CCCCC1. The average molecular weight is 215 g/mol. The molecule has 0 aromatic heterocycles. The summed E-state index contributed by atoms with van der Waals surface area (Å²) in [6, 6.07) is 0. The van der Waals surface area contributed by atoms with Gasteiger partial charge in [-0.3, -0.25) is 0 Å². The van der Waals surface area contributed by atoms with Gasteiger partial charge in [-0.15, -0.1) is 0 Å². The van der Waals surface area contributed by atoms with Crippen molar-refractivity contribution < 1.29 is 0 Å². The molecule has 1 fully saturated rings. The van der Waals surface area contributed by atoms with Crippen LogP contribution in [0.4, 0.5) is 0 Å². The minimum atomic E-state index is 0.961. The van der Waals surface area contributed by atoms with Gasteiger partial charge in [-0.1, -0.05) is 44.9 Å². The summed E-state index contributed by atoms with van der Waals surface area (Å²) in [6.07, 6.45) is 11.7. The Balaban J connectivity index is 1.82. The van der Waals surface area contributed by atoms with E-state index in [1.807, 2.05) is 0 Å². The predicted molar refractivity (Wildman–Crippen MR) is 67.1 cm³/mol. The molecule has 0 atom stereocenters. The largest absolute Gasteiger partial charge is 0.316 e. The van der Waals surface area contributed by atoms with E-state index in [1.54, 1.807) is 0 Å². The zero-order chi connectivity index (χ0) is 10.1. The molecule has 14 heavy (non-hydrogen) atoms. The molecule has 0 bridgehead atoms. The Bertz CT molecular complexity index is 121. The standard InChI is InChI=1S/C12H25NS/c14-11-10-13-9-5-4-8-12-6-2-1-3-7-12/h12-14H,1-11H2. The number of hydrogen-bond donors (Lipinski definition) is 2. The van der Waals surface area contributed by atoms with Crippen molar-refractivity contribution in [1.29, 1.82) is 0 Å². The summed E-state index contributed by atoms with van der Waals surface area (Å²) in [5, 5.41) is 3.40. The summed E-state index contributed by atoms with van der Waals surface area (Å²) < 4.78 is 0. The Kier molecular flexibility index (Phi) is 7.61. The fourth-order valence-electron chi connectivity index (χ4n) is 2.36. The van der Waals surface area contributed by atoms with Crippen molar-refractivity contribution in [1.82, 2.24) is 5.32 Å². The highest BCUT2D eigenvalue weighted by Crippen LogP contribution is 2.27. The van der Waals surface area contributed by atoms with Crippen LogP contribution in [0, 0.1) is 5.92 Å². The highest BCUT2D eigenvalue weighted by atomic mass is 32.1. The lowest BCUT2D eigenvalue weighted by molar-refractivity contribution is 0.329. The maximum atomic E-state index is 4.17. The van der Waals surface area contributed by atoms with Crippen LogP contribution in [0.3, 0.4) is 0 Å². The molecule has 0 radical (unpaired) electrons. The van der Waals surface area contributed by atoms with Crippen LogP contribution < -0.4 is 5.32 Å². The molecule has 1 rings (SSSR count). The van der Waals surface area contributed by atoms with Crippen molar-refractivity contribution in [3.8, 4) is 0 Å². The van der Waals surface area contributed by atoms with Crippen LogP contribution in [-0.2, 0) is 0 Å². The van der Waals surface area contributed by atoms with Crippen molar-refractivity contribution in [2.75, 3.05) is 18.8 Å². The van der Waals surface area contributed by atoms with Crippen molar-refractivity contribution >= 4 is 12.6 Å². The van der Waals surface area contributed by atoms with E-state index >= 15 is 0 Å². The summed E-state index contributed by atoms with van der Waals surface area (Å²) in [5.41, 5.74) is 0. The Morgan fingerprint density at radius 1 is 1.00 bits per heavy atom. The molecule has 0 aromatic rings. The first kappa shape index (κ1) is 12.4. The Hall–Kier alpha value is 0.310. The Morgan fingerprint density at radius 3 is 2.50 bits per heavy atom. The van der Waals surface area contributed by atoms with Gasteiger partial charge >= 0.3 is 0 Å². The Labute approximate surface area is 94.5 Å². The van der Waals surface area contributed by atoms with E-state index < -0.39 is 0 Å². The van der Waals surface area contributed by atoms with Gasteiger partial charge in [-0.2, -0.15) is 12.6 Å². The highest BCUT2D eigenvalue weighted by molar-refractivity contribution is 7.80. The molecular weight excluding hydrogens is 190 g/mol. The van der Waals surface area contributed by atoms with Gasteiger partial charge in [0.15, 0.2) is 0 Å². The van der Waals surface area contributed by atoms with Crippen LogP contribution >= 0.6 is 12.6 Å². The third-order valence-electron chi connectivity index (χ3n) is 3.23. The van der Waals surface area contributed by atoms with E-state index in [0.717, 1.165) is 18.2 Å². The van der Waals surface area contributed by atoms with Gasteiger partial charge in [0.2, 0.25) is 0 Å². The number of hydrogen-bond acceptors (Lipinski definition) is 2. The highest BCUT2D eigenvalue weighted by Gasteiger charge is 2.12. The molecule has 0 spiro atoms. The van der Waals surface area contributed by atoms with Crippen LogP contribution in [0.1, 0.15) is 51.4 Å². The molecule has 0 unspecified atom stereocenters. The Morgan fingerprint density at radius 2 is 1.79 bits per heavy atom. The van der Waals surface area contributed by atoms with Crippen molar-refractivity contribution in [2.24, 2.45) is 5.92 Å². The van der Waals surface area contributed by atoms with E-state index in [0.29, 0.717) is 0 Å². The topological polar surface area (TPSA) is 12.0 Å². The number of thiol groups is 1. The van der Waals surface area contributed by atoms with Crippen molar-refractivity contribution in [3.63, 3.8) is 0 Å². The molecule has 0 saturated heterocycles. The molecule has 0 aliphatic heterocycles. The van der Waals surface area contributed by atoms with Gasteiger partial charge in [0.05, 0.1) is 0 Å². The van der Waals surface area contributed by atoms with Gasteiger partial charge in [0.25, 0.3) is 0 Å². The zero-order valence-electron chi connectivity index (χ0n) is 9.30. The summed E-state index contributed by atoms with van der Waals surface area (Å²) in [4.78, 5) is 0. The van der Waals surface area contributed by atoms with Crippen LogP contribution in [0.15, 0.2) is 0 Å². The van der Waals surface area contributed by atoms with Crippen LogP contribution in [0.2, 0.25) is 0 Å². The van der Waals surface area contributed by atoms with Crippen LogP contribution in [0.25, 0.3) is 0 Å². The summed E-state index contributed by atoms with van der Waals surface area (Å²) in [5.74, 6) is 2.02. The maximum absolute atomic E-state index is 4.17. The number of nitrogens with one attached hydrogen (secondary N) is 1. The second-order valence-electron chi connectivity index (χ2n) is 4.47. The minimum absolute atomic E-state index is 0.961. The molecule has 1 N–H and O–H groups in total. The van der Waals surface area contributed by atoms with Crippen molar-refractivity contribution in [2.45, 2.75) is 51.4 Å². The van der Waals surface area contributed by atoms with E-state index in [4.69, 9.17) is 0 Å². The molecule has 1 aliphatic rings. The molecule has 0 aromatic carbocycles. The molecule has 0 heterocycles. The van der Waals surface area contributed by atoms with E-state index in [9.17, 15) is 0 Å². The fourth-order valence-corrected chi connectivity index (χ4v) is 2.52. The first-order valence-electron chi connectivity index (χ1n) is 6.25. The molecular formula is C12H25NS. The lowest BCUT2D eigenvalue weighted by atomic mass is 9.86. The minimum Gasteiger partial charge on any atom is -0.316 e. The lowest BCUT2D eigenvalue weighted by Crippen LogP contribution is -2.18. The average Bonchev–Trinajstić information content (AvgIpc) is 2.25. The predicted octanol–water partition coefficient (Wildman–Crippen LogP) is 3.26. The third kappa shape index (κ3) is 5.92. The van der Waals surface area contributed by atoms with Crippen LogP contribution in [0.5, 0.6) is 0 Å². The number of unbranched alkanes of at least 4 members (excludes halogenated alkanes) is 1. The monoisotopic (exact) mass is 215 g/mol.